The maximum atomic E-state index is 12.3. The van der Waals surface area contributed by atoms with Gasteiger partial charge in [0.2, 0.25) is 5.76 Å². The molecular formula is C20H19N3O5. The summed E-state index contributed by atoms with van der Waals surface area (Å²) in [6.07, 6.45) is 0. The first-order valence-corrected chi connectivity index (χ1v) is 8.49. The van der Waals surface area contributed by atoms with Gasteiger partial charge in [0.25, 0.3) is 0 Å². The number of methoxy groups -OCH3 is 1. The fourth-order valence-electron chi connectivity index (χ4n) is 2.77. The molecule has 1 unspecified atom stereocenters. The van der Waals surface area contributed by atoms with Crippen molar-refractivity contribution in [3.05, 3.63) is 65.9 Å². The van der Waals surface area contributed by atoms with Crippen LogP contribution in [0, 0.1) is 0 Å². The van der Waals surface area contributed by atoms with E-state index in [1.165, 1.54) is 0 Å². The number of ether oxygens (including phenoxy) is 1. The number of rotatable bonds is 6. The van der Waals surface area contributed by atoms with Crippen LogP contribution in [0.4, 0.5) is 10.5 Å². The molecule has 2 amide bonds. The standard InChI is InChI=1S/C20H19N3O5/c1-12(21-20(26)22-14-6-4-3-5-7-14)16-17(23-28-18(16)19(24)25)13-8-10-15(27-2)11-9-13/h3-12H,1-2H3,(H,24,25)(H2,21,22,26). The van der Waals surface area contributed by atoms with Crippen LogP contribution in [0.25, 0.3) is 11.3 Å². The Morgan fingerprint density at radius 1 is 1.11 bits per heavy atom. The number of anilines is 1. The number of carbonyl (C=O) groups is 2. The highest BCUT2D eigenvalue weighted by Gasteiger charge is 2.28. The molecule has 0 radical (unpaired) electrons. The maximum absolute atomic E-state index is 12.3. The Labute approximate surface area is 161 Å². The Morgan fingerprint density at radius 3 is 2.39 bits per heavy atom. The van der Waals surface area contributed by atoms with E-state index in [4.69, 9.17) is 9.26 Å². The predicted molar refractivity (Wildman–Crippen MR) is 102 cm³/mol. The van der Waals surface area contributed by atoms with Crippen LogP contribution in [0.2, 0.25) is 0 Å². The van der Waals surface area contributed by atoms with Gasteiger partial charge in [-0.1, -0.05) is 23.4 Å². The van der Waals surface area contributed by atoms with Crippen molar-refractivity contribution in [3.63, 3.8) is 0 Å². The molecule has 8 nitrogen and oxygen atoms in total. The van der Waals surface area contributed by atoms with Gasteiger partial charge in [-0.05, 0) is 43.3 Å². The first kappa shape index (κ1) is 19.0. The fraction of sp³-hybridized carbons (Fsp3) is 0.150. The van der Waals surface area contributed by atoms with E-state index >= 15 is 0 Å². The van der Waals surface area contributed by atoms with Crippen LogP contribution in [0.5, 0.6) is 5.75 Å². The van der Waals surface area contributed by atoms with E-state index in [0.717, 1.165) is 0 Å². The molecule has 0 bridgehead atoms. The molecule has 0 saturated carbocycles. The lowest BCUT2D eigenvalue weighted by atomic mass is 10.0. The molecule has 1 aromatic heterocycles. The summed E-state index contributed by atoms with van der Waals surface area (Å²) < 4.78 is 10.2. The van der Waals surface area contributed by atoms with E-state index in [1.807, 2.05) is 6.07 Å². The summed E-state index contributed by atoms with van der Waals surface area (Å²) in [5.41, 5.74) is 1.88. The third kappa shape index (κ3) is 4.12. The highest BCUT2D eigenvalue weighted by molar-refractivity contribution is 5.91. The molecule has 0 spiro atoms. The first-order chi connectivity index (χ1) is 13.5. The summed E-state index contributed by atoms with van der Waals surface area (Å²) in [5.74, 6) is -0.932. The lowest BCUT2D eigenvalue weighted by molar-refractivity contribution is 0.0649. The van der Waals surface area contributed by atoms with E-state index in [1.54, 1.807) is 62.6 Å². The molecule has 3 aromatic rings. The van der Waals surface area contributed by atoms with Gasteiger partial charge in [-0.3, -0.25) is 0 Å². The molecular weight excluding hydrogens is 362 g/mol. The SMILES string of the molecule is COc1ccc(-c2noc(C(=O)O)c2C(C)NC(=O)Nc2ccccc2)cc1. The molecule has 28 heavy (non-hydrogen) atoms. The second kappa shape index (κ2) is 8.26. The van der Waals surface area contributed by atoms with Gasteiger partial charge in [-0.2, -0.15) is 0 Å². The van der Waals surface area contributed by atoms with Gasteiger partial charge >= 0.3 is 12.0 Å². The minimum Gasteiger partial charge on any atom is -0.497 e. The van der Waals surface area contributed by atoms with Gasteiger partial charge in [0.15, 0.2) is 0 Å². The molecule has 3 N–H and O–H groups in total. The van der Waals surface area contributed by atoms with Crippen LogP contribution in [-0.4, -0.2) is 29.4 Å². The number of para-hydroxylation sites is 1. The number of nitrogens with one attached hydrogen (secondary N) is 2. The van der Waals surface area contributed by atoms with Crippen LogP contribution < -0.4 is 15.4 Å². The third-order valence-electron chi connectivity index (χ3n) is 4.10. The molecule has 0 aliphatic carbocycles. The number of carboxylic acid groups (broad SMARTS) is 1. The summed E-state index contributed by atoms with van der Waals surface area (Å²) in [4.78, 5) is 23.9. The average molecular weight is 381 g/mol. The number of urea groups is 1. The van der Waals surface area contributed by atoms with Gasteiger partial charge in [-0.25, -0.2) is 9.59 Å². The van der Waals surface area contributed by atoms with E-state index in [-0.39, 0.29) is 11.3 Å². The van der Waals surface area contributed by atoms with Gasteiger partial charge in [0.1, 0.15) is 11.4 Å². The van der Waals surface area contributed by atoms with Crippen molar-refractivity contribution in [1.82, 2.24) is 10.5 Å². The lowest BCUT2D eigenvalue weighted by Gasteiger charge is -2.15. The molecule has 0 aliphatic heterocycles. The van der Waals surface area contributed by atoms with Crippen molar-refractivity contribution < 1.29 is 24.0 Å². The second-order valence-corrected chi connectivity index (χ2v) is 5.99. The minimum absolute atomic E-state index is 0.279. The van der Waals surface area contributed by atoms with Crippen LogP contribution >= 0.6 is 0 Å². The molecule has 8 heteroatoms. The summed E-state index contributed by atoms with van der Waals surface area (Å²) in [5, 5.41) is 18.8. The molecule has 0 aliphatic rings. The van der Waals surface area contributed by atoms with Gasteiger partial charge < -0.3 is 25.0 Å². The van der Waals surface area contributed by atoms with Crippen molar-refractivity contribution in [3.8, 4) is 17.0 Å². The van der Waals surface area contributed by atoms with Crippen molar-refractivity contribution in [2.75, 3.05) is 12.4 Å². The van der Waals surface area contributed by atoms with E-state index < -0.39 is 18.0 Å². The number of aromatic nitrogens is 1. The summed E-state index contributed by atoms with van der Waals surface area (Å²) in [6.45, 7) is 1.66. The molecule has 2 aromatic carbocycles. The number of aromatic carboxylic acids is 1. The Bertz CT molecular complexity index is 967. The lowest BCUT2D eigenvalue weighted by Crippen LogP contribution is -2.31. The smallest absolute Gasteiger partial charge is 0.375 e. The highest BCUT2D eigenvalue weighted by atomic mass is 16.5. The van der Waals surface area contributed by atoms with Crippen molar-refractivity contribution in [2.24, 2.45) is 0 Å². The third-order valence-corrected chi connectivity index (χ3v) is 4.10. The fourth-order valence-corrected chi connectivity index (χ4v) is 2.77. The van der Waals surface area contributed by atoms with Crippen LogP contribution in [0.1, 0.15) is 29.1 Å². The molecule has 144 valence electrons. The normalized spacial score (nSPS) is 11.5. The Kier molecular flexibility index (Phi) is 5.59. The Balaban J connectivity index is 1.87. The number of amides is 2. The average Bonchev–Trinajstić information content (AvgIpc) is 3.14. The van der Waals surface area contributed by atoms with Crippen molar-refractivity contribution in [1.29, 1.82) is 0 Å². The number of benzene rings is 2. The second-order valence-electron chi connectivity index (χ2n) is 5.99. The van der Waals surface area contributed by atoms with Gasteiger partial charge in [-0.15, -0.1) is 0 Å². The quantitative estimate of drug-likeness (QED) is 0.596. The number of carboxylic acids is 1. The zero-order valence-corrected chi connectivity index (χ0v) is 15.3. The van der Waals surface area contributed by atoms with Crippen LogP contribution in [0.3, 0.4) is 0 Å². The topological polar surface area (TPSA) is 114 Å². The zero-order chi connectivity index (χ0) is 20.1. The molecule has 0 saturated heterocycles. The minimum atomic E-state index is -1.26. The van der Waals surface area contributed by atoms with E-state index in [2.05, 4.69) is 15.8 Å². The number of hydrogen-bond acceptors (Lipinski definition) is 5. The van der Waals surface area contributed by atoms with Crippen LogP contribution in [0.15, 0.2) is 59.1 Å². The van der Waals surface area contributed by atoms with Crippen LogP contribution in [-0.2, 0) is 0 Å². The van der Waals surface area contributed by atoms with Crippen molar-refractivity contribution in [2.45, 2.75) is 13.0 Å². The Morgan fingerprint density at radius 2 is 1.79 bits per heavy atom. The first-order valence-electron chi connectivity index (χ1n) is 8.49. The number of carbonyl (C=O) groups excluding carboxylic acids is 1. The summed E-state index contributed by atoms with van der Waals surface area (Å²) in [6, 6.07) is 14.7. The molecule has 1 atom stereocenters. The number of hydrogen-bond donors (Lipinski definition) is 3. The largest absolute Gasteiger partial charge is 0.497 e. The molecule has 0 fully saturated rings. The molecule has 3 rings (SSSR count). The predicted octanol–water partition coefficient (Wildman–Crippen LogP) is 3.93. The van der Waals surface area contributed by atoms with Gasteiger partial charge in [0.05, 0.1) is 18.7 Å². The highest BCUT2D eigenvalue weighted by Crippen LogP contribution is 2.31. The maximum Gasteiger partial charge on any atom is 0.375 e. The van der Waals surface area contributed by atoms with E-state index in [0.29, 0.717) is 22.7 Å². The molecule has 1 heterocycles. The summed E-state index contributed by atoms with van der Waals surface area (Å²) in [7, 11) is 1.55. The number of nitrogens with zero attached hydrogens (tertiary/aromatic N) is 1. The monoisotopic (exact) mass is 381 g/mol. The Hall–Kier alpha value is -3.81. The van der Waals surface area contributed by atoms with Crippen molar-refractivity contribution >= 4 is 17.7 Å². The zero-order valence-electron chi connectivity index (χ0n) is 15.3. The van der Waals surface area contributed by atoms with Gasteiger partial charge in [0, 0.05) is 11.3 Å². The summed E-state index contributed by atoms with van der Waals surface area (Å²) >= 11 is 0. The van der Waals surface area contributed by atoms with E-state index in [9.17, 15) is 14.7 Å².